The Morgan fingerprint density at radius 2 is 2.35 bits per heavy atom. The van der Waals surface area contributed by atoms with E-state index in [0.717, 1.165) is 18.7 Å². The normalized spacial score (nSPS) is 18.8. The summed E-state index contributed by atoms with van der Waals surface area (Å²) < 4.78 is 1.91. The number of carbonyl (C=O) groups excluding carboxylic acids is 1. The van der Waals surface area contributed by atoms with E-state index in [-0.39, 0.29) is 5.91 Å². The molecule has 1 unspecified atom stereocenters. The van der Waals surface area contributed by atoms with Gasteiger partial charge in [-0.15, -0.1) is 0 Å². The molecule has 0 aliphatic heterocycles. The number of carbonyl (C=O) groups is 1. The molecule has 1 aromatic rings. The fraction of sp³-hybridized carbons (Fsp3) is 0.667. The molecule has 0 aromatic carbocycles. The van der Waals surface area contributed by atoms with E-state index in [4.69, 9.17) is 5.73 Å². The molecule has 2 N–H and O–H groups in total. The Bertz CT molecular complexity index is 420. The topological polar surface area (TPSA) is 64.2 Å². The second kappa shape index (κ2) is 4.14. The molecule has 0 spiro atoms. The maximum Gasteiger partial charge on any atom is 0.242 e. The van der Waals surface area contributed by atoms with E-state index >= 15 is 0 Å². The maximum absolute atomic E-state index is 12.2. The van der Waals surface area contributed by atoms with Crippen LogP contribution >= 0.6 is 0 Å². The highest BCUT2D eigenvalue weighted by Crippen LogP contribution is 2.38. The monoisotopic (exact) mass is 236 g/mol. The fourth-order valence-electron chi connectivity index (χ4n) is 2.10. The predicted molar refractivity (Wildman–Crippen MR) is 65.0 cm³/mol. The number of hydrogen-bond donors (Lipinski definition) is 1. The van der Waals surface area contributed by atoms with Crippen LogP contribution in [0.25, 0.3) is 0 Å². The number of amides is 1. The van der Waals surface area contributed by atoms with Crippen LogP contribution in [0.2, 0.25) is 0 Å². The van der Waals surface area contributed by atoms with Gasteiger partial charge in [-0.2, -0.15) is 0 Å². The Morgan fingerprint density at radius 1 is 1.71 bits per heavy atom. The van der Waals surface area contributed by atoms with E-state index in [1.54, 1.807) is 18.1 Å². The first-order valence-electron chi connectivity index (χ1n) is 5.93. The van der Waals surface area contributed by atoms with Crippen molar-refractivity contribution in [1.82, 2.24) is 14.5 Å². The molecule has 2 rings (SSSR count). The zero-order valence-electron chi connectivity index (χ0n) is 10.7. The molecule has 0 radical (unpaired) electrons. The highest BCUT2D eigenvalue weighted by molar-refractivity contribution is 5.86. The van der Waals surface area contributed by atoms with Gasteiger partial charge in [-0.3, -0.25) is 4.79 Å². The van der Waals surface area contributed by atoms with Crippen molar-refractivity contribution in [3.63, 3.8) is 0 Å². The van der Waals surface area contributed by atoms with Gasteiger partial charge in [0.05, 0.1) is 12.1 Å². The van der Waals surface area contributed by atoms with Crippen LogP contribution in [0.5, 0.6) is 0 Å². The molecule has 17 heavy (non-hydrogen) atoms. The van der Waals surface area contributed by atoms with E-state index in [9.17, 15) is 4.79 Å². The van der Waals surface area contributed by atoms with Crippen LogP contribution < -0.4 is 5.73 Å². The minimum Gasteiger partial charge on any atom is -0.337 e. The van der Waals surface area contributed by atoms with Crippen molar-refractivity contribution >= 4 is 5.91 Å². The number of likely N-dealkylation sites (N-methyl/N-ethyl adjacent to an activating group) is 1. The third kappa shape index (κ3) is 2.34. The molecule has 1 amide bonds. The van der Waals surface area contributed by atoms with Gasteiger partial charge in [0, 0.05) is 26.5 Å². The first-order chi connectivity index (χ1) is 7.93. The largest absolute Gasteiger partial charge is 0.337 e. The zero-order valence-corrected chi connectivity index (χ0v) is 10.7. The smallest absolute Gasteiger partial charge is 0.242 e. The number of aryl methyl sites for hydroxylation is 1. The molecule has 1 heterocycles. The van der Waals surface area contributed by atoms with E-state index in [1.165, 1.54) is 0 Å². The molecular weight excluding hydrogens is 216 g/mol. The van der Waals surface area contributed by atoms with Gasteiger partial charge >= 0.3 is 0 Å². The van der Waals surface area contributed by atoms with E-state index in [0.29, 0.717) is 12.5 Å². The molecule has 1 aliphatic carbocycles. The van der Waals surface area contributed by atoms with Gasteiger partial charge in [-0.05, 0) is 25.7 Å². The van der Waals surface area contributed by atoms with Crippen LogP contribution in [0.4, 0.5) is 0 Å². The first kappa shape index (κ1) is 12.1. The van der Waals surface area contributed by atoms with Crippen molar-refractivity contribution in [2.75, 3.05) is 7.05 Å². The van der Waals surface area contributed by atoms with Crippen LogP contribution in [-0.4, -0.2) is 32.9 Å². The second-order valence-electron chi connectivity index (χ2n) is 5.17. The quantitative estimate of drug-likeness (QED) is 0.828. The van der Waals surface area contributed by atoms with E-state index < -0.39 is 5.54 Å². The second-order valence-corrected chi connectivity index (χ2v) is 5.17. The average molecular weight is 236 g/mol. The Morgan fingerprint density at radius 3 is 2.82 bits per heavy atom. The van der Waals surface area contributed by atoms with Gasteiger partial charge in [-0.1, -0.05) is 0 Å². The van der Waals surface area contributed by atoms with Gasteiger partial charge in [-0.25, -0.2) is 4.98 Å². The number of nitrogens with two attached hydrogens (primary N) is 1. The molecular formula is C12H20N4O. The van der Waals surface area contributed by atoms with Crippen LogP contribution in [0.1, 0.15) is 25.6 Å². The van der Waals surface area contributed by atoms with Crippen LogP contribution in [0.3, 0.4) is 0 Å². The van der Waals surface area contributed by atoms with Crippen LogP contribution in [-0.2, 0) is 18.4 Å². The lowest BCUT2D eigenvalue weighted by atomic mass is 9.95. The van der Waals surface area contributed by atoms with Crippen molar-refractivity contribution in [2.45, 2.75) is 31.8 Å². The van der Waals surface area contributed by atoms with E-state index in [2.05, 4.69) is 4.98 Å². The summed E-state index contributed by atoms with van der Waals surface area (Å²) in [7, 11) is 3.70. The predicted octanol–water partition coefficient (Wildman–Crippen LogP) is 0.506. The average Bonchev–Trinajstić information content (AvgIpc) is 3.05. The SMILES string of the molecule is CN(Cc1nccn1C)C(=O)C(C)(N)C1CC1. The van der Waals surface area contributed by atoms with E-state index in [1.807, 2.05) is 24.7 Å². The van der Waals surface area contributed by atoms with Crippen molar-refractivity contribution < 1.29 is 4.79 Å². The number of aromatic nitrogens is 2. The van der Waals surface area contributed by atoms with Gasteiger partial charge < -0.3 is 15.2 Å². The third-order valence-electron chi connectivity index (χ3n) is 3.53. The third-order valence-corrected chi connectivity index (χ3v) is 3.53. The molecule has 1 aromatic heterocycles. The Balaban J connectivity index is 2.02. The molecule has 1 saturated carbocycles. The number of imidazole rings is 1. The maximum atomic E-state index is 12.2. The molecule has 0 saturated heterocycles. The number of rotatable bonds is 4. The molecule has 0 bridgehead atoms. The lowest BCUT2D eigenvalue weighted by Crippen LogP contribution is -2.53. The van der Waals surface area contributed by atoms with Gasteiger partial charge in [0.1, 0.15) is 5.82 Å². The lowest BCUT2D eigenvalue weighted by molar-refractivity contribution is -0.136. The highest BCUT2D eigenvalue weighted by Gasteiger charge is 2.45. The van der Waals surface area contributed by atoms with Crippen molar-refractivity contribution in [3.05, 3.63) is 18.2 Å². The summed E-state index contributed by atoms with van der Waals surface area (Å²) in [4.78, 5) is 18.1. The Kier molecular flexibility index (Phi) is 2.95. The van der Waals surface area contributed by atoms with Crippen LogP contribution in [0, 0.1) is 5.92 Å². The summed E-state index contributed by atoms with van der Waals surface area (Å²) in [6.07, 6.45) is 5.73. The summed E-state index contributed by atoms with van der Waals surface area (Å²) in [5.74, 6) is 1.22. The summed E-state index contributed by atoms with van der Waals surface area (Å²) in [5, 5.41) is 0. The Labute approximate surface area is 102 Å². The van der Waals surface area contributed by atoms with Crippen molar-refractivity contribution in [1.29, 1.82) is 0 Å². The molecule has 5 heteroatoms. The van der Waals surface area contributed by atoms with Crippen molar-refractivity contribution in [3.8, 4) is 0 Å². The number of hydrogen-bond acceptors (Lipinski definition) is 3. The first-order valence-corrected chi connectivity index (χ1v) is 5.93. The number of nitrogens with zero attached hydrogens (tertiary/aromatic N) is 3. The Hall–Kier alpha value is -1.36. The molecule has 1 atom stereocenters. The summed E-state index contributed by atoms with van der Waals surface area (Å²) in [6.45, 7) is 2.34. The van der Waals surface area contributed by atoms with Gasteiger partial charge in [0.25, 0.3) is 0 Å². The zero-order chi connectivity index (χ0) is 12.6. The van der Waals surface area contributed by atoms with Crippen LogP contribution in [0.15, 0.2) is 12.4 Å². The van der Waals surface area contributed by atoms with Crippen molar-refractivity contribution in [2.24, 2.45) is 18.7 Å². The molecule has 1 aliphatic rings. The standard InChI is InChI=1S/C12H20N4O/c1-12(13,9-4-5-9)11(17)16(3)8-10-14-6-7-15(10)2/h6-7,9H,4-5,8,13H2,1-3H3. The molecule has 1 fully saturated rings. The molecule has 94 valence electrons. The van der Waals surface area contributed by atoms with Gasteiger partial charge in [0.2, 0.25) is 5.91 Å². The summed E-state index contributed by atoms with van der Waals surface area (Å²) in [6, 6.07) is 0. The summed E-state index contributed by atoms with van der Waals surface area (Å²) in [5.41, 5.74) is 5.39. The fourth-order valence-corrected chi connectivity index (χ4v) is 2.10. The van der Waals surface area contributed by atoms with Gasteiger partial charge in [0.15, 0.2) is 0 Å². The summed E-state index contributed by atoms with van der Waals surface area (Å²) >= 11 is 0. The molecule has 5 nitrogen and oxygen atoms in total. The lowest BCUT2D eigenvalue weighted by Gasteiger charge is -2.29. The minimum atomic E-state index is -0.722. The highest BCUT2D eigenvalue weighted by atomic mass is 16.2. The minimum absolute atomic E-state index is 0.00278.